The van der Waals surface area contributed by atoms with Crippen LogP contribution >= 0.6 is 0 Å². The van der Waals surface area contributed by atoms with E-state index in [0.29, 0.717) is 29.5 Å². The lowest BCUT2D eigenvalue weighted by molar-refractivity contribution is -0.140. The Hall–Kier alpha value is -4.21. The smallest absolute Gasteiger partial charge is 0.333 e. The SMILES string of the molecule is Cn1cc(C(F)(F)F)nc1-c1ccc(Cn2c(=N)n(C)c3cnc(-c4ccccc4C4CC4)nc32)cc1. The Morgan fingerprint density at radius 2 is 1.73 bits per heavy atom. The zero-order valence-electron chi connectivity index (χ0n) is 20.3. The van der Waals surface area contributed by atoms with E-state index in [9.17, 15) is 13.2 Å². The van der Waals surface area contributed by atoms with E-state index in [1.807, 2.05) is 41.9 Å². The van der Waals surface area contributed by atoms with Gasteiger partial charge in [-0.05, 0) is 29.9 Å². The summed E-state index contributed by atoms with van der Waals surface area (Å²) in [6.07, 6.45) is 0.602. The summed E-state index contributed by atoms with van der Waals surface area (Å²) in [5.41, 5.74) is 4.52. The zero-order valence-corrected chi connectivity index (χ0v) is 20.3. The summed E-state index contributed by atoms with van der Waals surface area (Å²) in [6, 6.07) is 15.4. The molecule has 37 heavy (non-hydrogen) atoms. The third kappa shape index (κ3) is 4.12. The number of fused-ring (bicyclic) bond motifs is 1. The number of hydrogen-bond acceptors (Lipinski definition) is 4. The number of imidazole rings is 2. The van der Waals surface area contributed by atoms with Crippen molar-refractivity contribution in [3.8, 4) is 22.8 Å². The molecule has 0 bridgehead atoms. The lowest BCUT2D eigenvalue weighted by Crippen LogP contribution is -2.23. The summed E-state index contributed by atoms with van der Waals surface area (Å²) in [6.45, 7) is 0.381. The van der Waals surface area contributed by atoms with E-state index >= 15 is 0 Å². The van der Waals surface area contributed by atoms with Crippen LogP contribution in [0.1, 0.15) is 35.6 Å². The predicted octanol–water partition coefficient (Wildman–Crippen LogP) is 5.26. The Kier molecular flexibility index (Phi) is 5.29. The number of benzene rings is 2. The van der Waals surface area contributed by atoms with Crippen LogP contribution < -0.4 is 5.62 Å². The van der Waals surface area contributed by atoms with Crippen LogP contribution in [0, 0.1) is 5.41 Å². The minimum Gasteiger partial charge on any atom is -0.333 e. The van der Waals surface area contributed by atoms with Gasteiger partial charge in [-0.1, -0.05) is 48.5 Å². The highest BCUT2D eigenvalue weighted by molar-refractivity contribution is 5.74. The summed E-state index contributed by atoms with van der Waals surface area (Å²) in [7, 11) is 3.35. The molecule has 5 aromatic rings. The molecule has 0 unspecified atom stereocenters. The van der Waals surface area contributed by atoms with Crippen LogP contribution in [-0.2, 0) is 26.8 Å². The summed E-state index contributed by atoms with van der Waals surface area (Å²) in [5, 5.41) is 8.67. The molecular weight excluding hydrogens is 479 g/mol. The number of nitrogens with one attached hydrogen (secondary N) is 1. The number of alkyl halides is 3. The van der Waals surface area contributed by atoms with E-state index in [2.05, 4.69) is 16.0 Å². The molecule has 10 heteroatoms. The van der Waals surface area contributed by atoms with Crippen molar-refractivity contribution in [3.63, 3.8) is 0 Å². The number of rotatable bonds is 5. The van der Waals surface area contributed by atoms with Crippen molar-refractivity contribution >= 4 is 11.2 Å². The van der Waals surface area contributed by atoms with Gasteiger partial charge in [-0.2, -0.15) is 13.2 Å². The van der Waals surface area contributed by atoms with Crippen molar-refractivity contribution < 1.29 is 13.2 Å². The molecule has 0 aliphatic heterocycles. The lowest BCUT2D eigenvalue weighted by Gasteiger charge is -2.09. The predicted molar refractivity (Wildman–Crippen MR) is 133 cm³/mol. The Labute approximate surface area is 210 Å². The summed E-state index contributed by atoms with van der Waals surface area (Å²) < 4.78 is 44.1. The van der Waals surface area contributed by atoms with E-state index in [4.69, 9.17) is 10.4 Å². The number of hydrogen-bond donors (Lipinski definition) is 1. The average molecular weight is 504 g/mol. The summed E-state index contributed by atoms with van der Waals surface area (Å²) in [4.78, 5) is 13.3. The van der Waals surface area contributed by atoms with Crippen LogP contribution in [0.2, 0.25) is 0 Å². The number of nitrogens with zero attached hydrogens (tertiary/aromatic N) is 6. The molecule has 3 aromatic heterocycles. The normalized spacial score (nSPS) is 14.0. The molecule has 0 saturated heterocycles. The molecule has 7 nitrogen and oxygen atoms in total. The molecule has 0 radical (unpaired) electrons. The maximum atomic E-state index is 13.1. The third-order valence-electron chi connectivity index (χ3n) is 6.88. The first-order valence-corrected chi connectivity index (χ1v) is 12.0. The first kappa shape index (κ1) is 23.2. The summed E-state index contributed by atoms with van der Waals surface area (Å²) in [5.74, 6) is 1.43. The van der Waals surface area contributed by atoms with Gasteiger partial charge in [-0.15, -0.1) is 0 Å². The van der Waals surface area contributed by atoms with Gasteiger partial charge in [-0.3, -0.25) is 9.98 Å². The molecule has 6 rings (SSSR count). The fourth-order valence-electron chi connectivity index (χ4n) is 4.74. The molecule has 0 atom stereocenters. The van der Waals surface area contributed by atoms with Crippen molar-refractivity contribution in [3.05, 3.63) is 83.4 Å². The first-order chi connectivity index (χ1) is 17.7. The second-order valence-electron chi connectivity index (χ2n) is 9.49. The van der Waals surface area contributed by atoms with Gasteiger partial charge in [0, 0.05) is 31.4 Å². The van der Waals surface area contributed by atoms with Crippen molar-refractivity contribution in [2.75, 3.05) is 0 Å². The summed E-state index contributed by atoms with van der Waals surface area (Å²) >= 11 is 0. The quantitative estimate of drug-likeness (QED) is 0.355. The Morgan fingerprint density at radius 3 is 2.41 bits per heavy atom. The topological polar surface area (TPSA) is 77.3 Å². The van der Waals surface area contributed by atoms with E-state index in [0.717, 1.165) is 22.8 Å². The highest BCUT2D eigenvalue weighted by Crippen LogP contribution is 2.43. The van der Waals surface area contributed by atoms with E-state index in [1.54, 1.807) is 29.9 Å². The zero-order chi connectivity index (χ0) is 25.9. The second kappa shape index (κ2) is 8.43. The molecule has 3 heterocycles. The van der Waals surface area contributed by atoms with Gasteiger partial charge in [0.05, 0.1) is 12.7 Å². The van der Waals surface area contributed by atoms with E-state index in [1.165, 1.54) is 23.0 Å². The Balaban J connectivity index is 1.35. The van der Waals surface area contributed by atoms with Crippen molar-refractivity contribution in [1.82, 2.24) is 28.7 Å². The molecule has 1 aliphatic carbocycles. The third-order valence-corrected chi connectivity index (χ3v) is 6.88. The minimum atomic E-state index is -4.49. The van der Waals surface area contributed by atoms with Gasteiger partial charge in [0.15, 0.2) is 17.2 Å². The van der Waals surface area contributed by atoms with Crippen LogP contribution in [0.3, 0.4) is 0 Å². The number of aryl methyl sites for hydroxylation is 2. The van der Waals surface area contributed by atoms with Gasteiger partial charge in [-0.25, -0.2) is 15.0 Å². The van der Waals surface area contributed by atoms with Gasteiger partial charge in [0.2, 0.25) is 5.62 Å². The van der Waals surface area contributed by atoms with E-state index < -0.39 is 11.9 Å². The van der Waals surface area contributed by atoms with Gasteiger partial charge < -0.3 is 9.13 Å². The van der Waals surface area contributed by atoms with Crippen molar-refractivity contribution in [2.45, 2.75) is 31.5 Å². The maximum Gasteiger partial charge on any atom is 0.434 e. The Morgan fingerprint density at radius 1 is 1.00 bits per heavy atom. The highest BCUT2D eigenvalue weighted by atomic mass is 19.4. The molecule has 1 fully saturated rings. The van der Waals surface area contributed by atoms with Crippen molar-refractivity contribution in [1.29, 1.82) is 5.41 Å². The number of halogens is 3. The highest BCUT2D eigenvalue weighted by Gasteiger charge is 2.34. The van der Waals surface area contributed by atoms with Gasteiger partial charge in [0.1, 0.15) is 11.3 Å². The molecule has 188 valence electrons. The van der Waals surface area contributed by atoms with E-state index in [-0.39, 0.29) is 11.4 Å². The van der Waals surface area contributed by atoms with Gasteiger partial charge >= 0.3 is 6.18 Å². The lowest BCUT2D eigenvalue weighted by atomic mass is 10.0. The average Bonchev–Trinajstić information content (AvgIpc) is 3.62. The molecular formula is C27H24F3N7. The molecule has 1 N–H and O–H groups in total. The second-order valence-corrected chi connectivity index (χ2v) is 9.49. The Bertz CT molecular complexity index is 1690. The maximum absolute atomic E-state index is 13.1. The largest absolute Gasteiger partial charge is 0.434 e. The monoisotopic (exact) mass is 503 g/mol. The van der Waals surface area contributed by atoms with Crippen LogP contribution in [0.4, 0.5) is 13.2 Å². The molecule has 2 aromatic carbocycles. The fourth-order valence-corrected chi connectivity index (χ4v) is 4.74. The minimum absolute atomic E-state index is 0.240. The molecule has 0 amide bonds. The standard InChI is InChI=1S/C27H24F3N7/c1-35-15-22(27(28,29)30)33-24(35)18-9-7-16(8-10-18)14-37-25-21(36(2)26(37)31)13-32-23(34-25)20-6-4-3-5-19(20)17-11-12-17/h3-10,13,15,17,31H,11-12,14H2,1-2H3. The van der Waals surface area contributed by atoms with Gasteiger partial charge in [0.25, 0.3) is 0 Å². The van der Waals surface area contributed by atoms with Crippen molar-refractivity contribution in [2.24, 2.45) is 14.1 Å². The molecule has 0 spiro atoms. The molecule has 1 aliphatic rings. The van der Waals surface area contributed by atoms with Crippen LogP contribution in [0.25, 0.3) is 33.9 Å². The number of aromatic nitrogens is 6. The van der Waals surface area contributed by atoms with Crippen LogP contribution in [0.15, 0.2) is 60.9 Å². The van der Waals surface area contributed by atoms with Crippen LogP contribution in [0.5, 0.6) is 0 Å². The molecule has 1 saturated carbocycles. The first-order valence-electron chi connectivity index (χ1n) is 12.0. The fraction of sp³-hybridized carbons (Fsp3) is 0.259. The van der Waals surface area contributed by atoms with Crippen LogP contribution in [-0.4, -0.2) is 28.7 Å².